The average Bonchev–Trinajstić information content (AvgIpc) is 3.32. The summed E-state index contributed by atoms with van der Waals surface area (Å²) in [5, 5.41) is 2.10. The molecular weight excluding hydrogens is 434 g/mol. The van der Waals surface area contributed by atoms with Gasteiger partial charge in [0.1, 0.15) is 0 Å². The van der Waals surface area contributed by atoms with Crippen LogP contribution in [0.1, 0.15) is 20.8 Å². The van der Waals surface area contributed by atoms with E-state index in [1.54, 1.807) is 29.5 Å². The first-order valence-corrected chi connectivity index (χ1v) is 13.0. The smallest absolute Gasteiger partial charge is 0.254 e. The first-order valence-electron chi connectivity index (χ1n) is 10.7. The zero-order chi connectivity index (χ0) is 21.8. The van der Waals surface area contributed by atoms with Crippen molar-refractivity contribution in [2.75, 3.05) is 59.0 Å². The number of morpholine rings is 1. The van der Waals surface area contributed by atoms with Crippen LogP contribution in [0.25, 0.3) is 0 Å². The molecule has 0 unspecified atom stereocenters. The number of hydrogen-bond acceptors (Lipinski definition) is 6. The van der Waals surface area contributed by atoms with Gasteiger partial charge in [0, 0.05) is 56.3 Å². The third kappa shape index (κ3) is 5.18. The summed E-state index contributed by atoms with van der Waals surface area (Å²) in [7, 11) is -3.63. The maximum Gasteiger partial charge on any atom is 0.254 e. The molecule has 0 spiro atoms. The predicted molar refractivity (Wildman–Crippen MR) is 121 cm³/mol. The normalized spacial score (nSPS) is 18.9. The van der Waals surface area contributed by atoms with E-state index in [-0.39, 0.29) is 10.8 Å². The highest BCUT2D eigenvalue weighted by Gasteiger charge is 2.29. The van der Waals surface area contributed by atoms with Crippen LogP contribution < -0.4 is 0 Å². The van der Waals surface area contributed by atoms with E-state index in [1.165, 1.54) is 9.18 Å². The van der Waals surface area contributed by atoms with Gasteiger partial charge in [-0.05, 0) is 42.5 Å². The third-order valence-electron chi connectivity index (χ3n) is 5.96. The number of thiophene rings is 1. The van der Waals surface area contributed by atoms with E-state index in [0.29, 0.717) is 45.0 Å². The largest absolute Gasteiger partial charge is 0.379 e. The molecule has 1 aromatic heterocycles. The molecule has 0 radical (unpaired) electrons. The van der Waals surface area contributed by atoms with E-state index in [2.05, 4.69) is 22.4 Å². The summed E-state index contributed by atoms with van der Waals surface area (Å²) in [6.45, 7) is 7.31. The van der Waals surface area contributed by atoms with Crippen molar-refractivity contribution in [2.24, 2.45) is 0 Å². The Labute approximate surface area is 188 Å². The summed E-state index contributed by atoms with van der Waals surface area (Å²) in [6.07, 6.45) is 1.03. The molecule has 2 saturated heterocycles. The zero-order valence-corrected chi connectivity index (χ0v) is 19.5. The first kappa shape index (κ1) is 22.4. The van der Waals surface area contributed by atoms with Gasteiger partial charge in [-0.25, -0.2) is 8.42 Å². The highest BCUT2D eigenvalue weighted by molar-refractivity contribution is 7.89. The highest BCUT2D eigenvalue weighted by Crippen LogP contribution is 2.22. The van der Waals surface area contributed by atoms with Crippen LogP contribution in [-0.2, 0) is 21.2 Å². The summed E-state index contributed by atoms with van der Waals surface area (Å²) in [5.74, 6) is -0.0885. The minimum Gasteiger partial charge on any atom is -0.379 e. The molecule has 0 aliphatic carbocycles. The number of aryl methyl sites for hydroxylation is 1. The van der Waals surface area contributed by atoms with E-state index in [0.717, 1.165) is 31.6 Å². The van der Waals surface area contributed by atoms with Gasteiger partial charge in [-0.1, -0.05) is 12.1 Å². The molecule has 2 fully saturated rings. The van der Waals surface area contributed by atoms with Crippen LogP contribution in [0.5, 0.6) is 0 Å². The van der Waals surface area contributed by atoms with Gasteiger partial charge < -0.3 is 9.64 Å². The van der Waals surface area contributed by atoms with Crippen molar-refractivity contribution >= 4 is 27.3 Å². The zero-order valence-electron chi connectivity index (χ0n) is 17.8. The van der Waals surface area contributed by atoms with Crippen molar-refractivity contribution < 1.29 is 17.9 Å². The Morgan fingerprint density at radius 1 is 1.06 bits per heavy atom. The van der Waals surface area contributed by atoms with Gasteiger partial charge in [0.15, 0.2) is 0 Å². The molecule has 7 nitrogen and oxygen atoms in total. The number of benzene rings is 1. The van der Waals surface area contributed by atoms with Gasteiger partial charge in [0.25, 0.3) is 5.91 Å². The minimum absolute atomic E-state index is 0.0885. The standard InChI is InChI=1S/C22H29N3O4S2/c1-18-4-5-20(31(27,28)25-12-14-29-15-13-25)17-21(18)22(26)24-10-8-23(9-11-24)7-6-19-3-2-16-30-19/h2-5,16-17H,6-15H2,1H3. The molecule has 2 aliphatic heterocycles. The Morgan fingerprint density at radius 2 is 1.81 bits per heavy atom. The summed E-state index contributed by atoms with van der Waals surface area (Å²) in [6, 6.07) is 9.11. The number of carbonyl (C=O) groups excluding carboxylic acids is 1. The van der Waals surface area contributed by atoms with Gasteiger partial charge in [-0.2, -0.15) is 4.31 Å². The van der Waals surface area contributed by atoms with E-state index in [4.69, 9.17) is 4.74 Å². The van der Waals surface area contributed by atoms with Crippen molar-refractivity contribution in [1.82, 2.24) is 14.1 Å². The van der Waals surface area contributed by atoms with Crippen LogP contribution in [0.2, 0.25) is 0 Å². The first-order chi connectivity index (χ1) is 14.9. The van der Waals surface area contributed by atoms with Crippen LogP contribution in [0.4, 0.5) is 0 Å². The molecule has 9 heteroatoms. The fourth-order valence-corrected chi connectivity index (χ4v) is 6.13. The number of amides is 1. The second-order valence-electron chi connectivity index (χ2n) is 7.96. The van der Waals surface area contributed by atoms with E-state index >= 15 is 0 Å². The summed E-state index contributed by atoms with van der Waals surface area (Å²) >= 11 is 1.78. The monoisotopic (exact) mass is 463 g/mol. The number of rotatable bonds is 6. The van der Waals surface area contributed by atoms with E-state index < -0.39 is 10.0 Å². The quantitative estimate of drug-likeness (QED) is 0.656. The second kappa shape index (κ2) is 9.79. The topological polar surface area (TPSA) is 70.2 Å². The van der Waals surface area contributed by atoms with Crippen LogP contribution in [-0.4, -0.2) is 87.5 Å². The van der Waals surface area contributed by atoms with Gasteiger partial charge in [-0.3, -0.25) is 9.69 Å². The van der Waals surface area contributed by atoms with Gasteiger partial charge in [0.05, 0.1) is 18.1 Å². The summed E-state index contributed by atoms with van der Waals surface area (Å²) in [4.78, 5) is 19.0. The maximum absolute atomic E-state index is 13.2. The van der Waals surface area contributed by atoms with Crippen molar-refractivity contribution in [3.63, 3.8) is 0 Å². The molecule has 2 aromatic rings. The van der Waals surface area contributed by atoms with E-state index in [1.807, 2.05) is 11.8 Å². The predicted octanol–water partition coefficient (Wildman–Crippen LogP) is 2.08. The molecule has 1 aromatic carbocycles. The molecule has 3 heterocycles. The lowest BCUT2D eigenvalue weighted by molar-refractivity contribution is 0.0637. The Morgan fingerprint density at radius 3 is 2.48 bits per heavy atom. The van der Waals surface area contributed by atoms with Gasteiger partial charge in [0.2, 0.25) is 10.0 Å². The Hall–Kier alpha value is -1.78. The van der Waals surface area contributed by atoms with Crippen LogP contribution >= 0.6 is 11.3 Å². The molecule has 2 aliphatic rings. The second-order valence-corrected chi connectivity index (χ2v) is 10.9. The molecule has 0 atom stereocenters. The van der Waals surface area contributed by atoms with Crippen molar-refractivity contribution in [3.8, 4) is 0 Å². The third-order valence-corrected chi connectivity index (χ3v) is 8.79. The van der Waals surface area contributed by atoms with Crippen molar-refractivity contribution in [1.29, 1.82) is 0 Å². The van der Waals surface area contributed by atoms with Crippen molar-refractivity contribution in [2.45, 2.75) is 18.2 Å². The fourth-order valence-electron chi connectivity index (χ4n) is 4.00. The maximum atomic E-state index is 13.2. The Kier molecular flexibility index (Phi) is 7.08. The van der Waals surface area contributed by atoms with Gasteiger partial charge >= 0.3 is 0 Å². The van der Waals surface area contributed by atoms with Crippen LogP contribution in [0.15, 0.2) is 40.6 Å². The lowest BCUT2D eigenvalue weighted by Crippen LogP contribution is -2.49. The van der Waals surface area contributed by atoms with Crippen LogP contribution in [0.3, 0.4) is 0 Å². The molecule has 31 heavy (non-hydrogen) atoms. The highest BCUT2D eigenvalue weighted by atomic mass is 32.2. The van der Waals surface area contributed by atoms with Gasteiger partial charge in [-0.15, -0.1) is 11.3 Å². The van der Waals surface area contributed by atoms with Crippen LogP contribution in [0, 0.1) is 6.92 Å². The number of sulfonamides is 1. The molecule has 168 valence electrons. The SMILES string of the molecule is Cc1ccc(S(=O)(=O)N2CCOCC2)cc1C(=O)N1CCN(CCc2cccs2)CC1. The number of hydrogen-bond donors (Lipinski definition) is 0. The lowest BCUT2D eigenvalue weighted by Gasteiger charge is -2.35. The molecule has 4 rings (SSSR count). The summed E-state index contributed by atoms with van der Waals surface area (Å²) < 4.78 is 32.7. The minimum atomic E-state index is -3.63. The lowest BCUT2D eigenvalue weighted by atomic mass is 10.1. The molecule has 0 bridgehead atoms. The Bertz CT molecular complexity index is 994. The van der Waals surface area contributed by atoms with E-state index in [9.17, 15) is 13.2 Å². The molecule has 1 amide bonds. The van der Waals surface area contributed by atoms with Crippen molar-refractivity contribution in [3.05, 3.63) is 51.7 Å². The Balaban J connectivity index is 1.41. The average molecular weight is 464 g/mol. The molecule has 0 saturated carbocycles. The number of piperazine rings is 1. The number of carbonyl (C=O) groups is 1. The number of ether oxygens (including phenoxy) is 1. The fraction of sp³-hybridized carbons (Fsp3) is 0.500. The molecular formula is C22H29N3O4S2. The summed E-state index contributed by atoms with van der Waals surface area (Å²) in [5.41, 5.74) is 1.27. The molecule has 0 N–H and O–H groups in total. The number of nitrogens with zero attached hydrogens (tertiary/aromatic N) is 3.